The quantitative estimate of drug-likeness (QED) is 0.587. The molecule has 0 fully saturated rings. The summed E-state index contributed by atoms with van der Waals surface area (Å²) in [5.41, 5.74) is 0. The number of rotatable bonds is 6. The van der Waals surface area contributed by atoms with E-state index in [1.165, 1.54) is 25.7 Å². The minimum atomic E-state index is 1.07. The van der Waals surface area contributed by atoms with E-state index in [2.05, 4.69) is 6.92 Å². The van der Waals surface area contributed by atoms with Crippen molar-refractivity contribution < 1.29 is 4.42 Å². The Hall–Kier alpha value is -0.720. The molecule has 0 aliphatic carbocycles. The zero-order chi connectivity index (χ0) is 8.65. The van der Waals surface area contributed by atoms with Gasteiger partial charge in [0, 0.05) is 6.42 Å². The summed E-state index contributed by atoms with van der Waals surface area (Å²) in [6.45, 7) is 3.81. The van der Waals surface area contributed by atoms with Crippen LogP contribution in [-0.4, -0.2) is 0 Å². The van der Waals surface area contributed by atoms with Crippen LogP contribution in [0.15, 0.2) is 22.8 Å². The molecule has 67 valence electrons. The first-order chi connectivity index (χ1) is 5.93. The van der Waals surface area contributed by atoms with Gasteiger partial charge in [-0.1, -0.05) is 32.6 Å². The molecule has 0 N–H and O–H groups in total. The van der Waals surface area contributed by atoms with Gasteiger partial charge < -0.3 is 4.42 Å². The third kappa shape index (κ3) is 3.61. The van der Waals surface area contributed by atoms with E-state index in [1.807, 2.05) is 12.1 Å². The van der Waals surface area contributed by atoms with Crippen LogP contribution in [0.5, 0.6) is 0 Å². The van der Waals surface area contributed by atoms with Crippen molar-refractivity contribution in [2.45, 2.75) is 38.5 Å². The normalized spacial score (nSPS) is 10.4. The van der Waals surface area contributed by atoms with E-state index in [-0.39, 0.29) is 0 Å². The molecule has 1 aromatic rings. The van der Waals surface area contributed by atoms with Crippen molar-refractivity contribution in [2.24, 2.45) is 0 Å². The van der Waals surface area contributed by atoms with Gasteiger partial charge in [0.25, 0.3) is 0 Å². The highest BCUT2D eigenvalue weighted by Gasteiger charge is 1.94. The first kappa shape index (κ1) is 9.37. The molecule has 0 bridgehead atoms. The van der Waals surface area contributed by atoms with Crippen LogP contribution in [0.4, 0.5) is 0 Å². The Morgan fingerprint density at radius 3 is 2.67 bits per heavy atom. The Morgan fingerprint density at radius 1 is 1.17 bits per heavy atom. The fourth-order valence-electron chi connectivity index (χ4n) is 1.28. The summed E-state index contributed by atoms with van der Waals surface area (Å²) < 4.78 is 5.23. The van der Waals surface area contributed by atoms with Crippen LogP contribution in [0, 0.1) is 6.92 Å². The highest BCUT2D eigenvalue weighted by molar-refractivity contribution is 4.97. The van der Waals surface area contributed by atoms with Crippen LogP contribution in [0.1, 0.15) is 37.9 Å². The van der Waals surface area contributed by atoms with Crippen LogP contribution in [-0.2, 0) is 6.42 Å². The van der Waals surface area contributed by atoms with E-state index in [0.29, 0.717) is 0 Å². The Balaban J connectivity index is 1.96. The molecule has 0 unspecified atom stereocenters. The molecule has 1 heteroatoms. The molecule has 0 saturated heterocycles. The zero-order valence-electron chi connectivity index (χ0n) is 7.59. The van der Waals surface area contributed by atoms with Crippen LogP contribution >= 0.6 is 0 Å². The average molecular weight is 165 g/mol. The first-order valence-corrected chi connectivity index (χ1v) is 4.75. The molecule has 0 aromatic carbocycles. The van der Waals surface area contributed by atoms with Crippen molar-refractivity contribution in [2.75, 3.05) is 0 Å². The minimum Gasteiger partial charge on any atom is -0.469 e. The van der Waals surface area contributed by atoms with Crippen LogP contribution in [0.3, 0.4) is 0 Å². The summed E-state index contributed by atoms with van der Waals surface area (Å²) in [6.07, 6.45) is 9.02. The van der Waals surface area contributed by atoms with Crippen molar-refractivity contribution in [1.29, 1.82) is 0 Å². The number of unbranched alkanes of at least 4 members (excludes halogenated alkanes) is 4. The van der Waals surface area contributed by atoms with Crippen molar-refractivity contribution >= 4 is 0 Å². The minimum absolute atomic E-state index is 1.07. The van der Waals surface area contributed by atoms with Gasteiger partial charge in [-0.3, -0.25) is 0 Å². The largest absolute Gasteiger partial charge is 0.469 e. The van der Waals surface area contributed by atoms with Gasteiger partial charge >= 0.3 is 0 Å². The van der Waals surface area contributed by atoms with Crippen molar-refractivity contribution in [3.8, 4) is 0 Å². The predicted molar refractivity (Wildman–Crippen MR) is 50.9 cm³/mol. The number of hydrogen-bond donors (Lipinski definition) is 0. The monoisotopic (exact) mass is 165 g/mol. The van der Waals surface area contributed by atoms with E-state index >= 15 is 0 Å². The molecule has 0 aliphatic rings. The van der Waals surface area contributed by atoms with Gasteiger partial charge in [0.05, 0.1) is 6.26 Å². The fourth-order valence-corrected chi connectivity index (χ4v) is 1.28. The van der Waals surface area contributed by atoms with Crippen LogP contribution in [0.2, 0.25) is 0 Å². The molecule has 0 amide bonds. The first-order valence-electron chi connectivity index (χ1n) is 4.75. The number of aryl methyl sites for hydroxylation is 1. The molecule has 0 spiro atoms. The molecule has 0 saturated carbocycles. The lowest BCUT2D eigenvalue weighted by Crippen LogP contribution is -1.82. The van der Waals surface area contributed by atoms with Gasteiger partial charge in [0.15, 0.2) is 0 Å². The van der Waals surface area contributed by atoms with Gasteiger partial charge in [0.1, 0.15) is 5.76 Å². The van der Waals surface area contributed by atoms with E-state index in [0.717, 1.165) is 18.6 Å². The second-order valence-corrected chi connectivity index (χ2v) is 3.10. The molecule has 1 heterocycles. The van der Waals surface area contributed by atoms with Crippen molar-refractivity contribution in [3.63, 3.8) is 0 Å². The zero-order valence-corrected chi connectivity index (χ0v) is 7.59. The summed E-state index contributed by atoms with van der Waals surface area (Å²) in [5.74, 6) is 1.12. The molecule has 1 aromatic heterocycles. The summed E-state index contributed by atoms with van der Waals surface area (Å²) in [6, 6.07) is 3.99. The maximum absolute atomic E-state index is 5.23. The molecule has 1 nitrogen and oxygen atoms in total. The standard InChI is InChI=1S/C11H17O/c1-2-3-4-5-6-8-11-9-7-10-12-11/h7,9-10H,1-6,8H2. The highest BCUT2D eigenvalue weighted by atomic mass is 16.3. The fraction of sp³-hybridized carbons (Fsp3) is 0.545. The molecule has 0 aliphatic heterocycles. The summed E-state index contributed by atoms with van der Waals surface area (Å²) in [7, 11) is 0. The molecular formula is C11H17O. The molecule has 1 rings (SSSR count). The van der Waals surface area contributed by atoms with Gasteiger partial charge in [0.2, 0.25) is 0 Å². The highest BCUT2D eigenvalue weighted by Crippen LogP contribution is 2.08. The van der Waals surface area contributed by atoms with Crippen molar-refractivity contribution in [1.82, 2.24) is 0 Å². The third-order valence-corrected chi connectivity index (χ3v) is 2.00. The Morgan fingerprint density at radius 2 is 2.00 bits per heavy atom. The van der Waals surface area contributed by atoms with Gasteiger partial charge in [-0.25, -0.2) is 0 Å². The van der Waals surface area contributed by atoms with E-state index in [1.54, 1.807) is 6.26 Å². The lowest BCUT2D eigenvalue weighted by atomic mass is 10.1. The van der Waals surface area contributed by atoms with Gasteiger partial charge in [-0.05, 0) is 18.6 Å². The summed E-state index contributed by atoms with van der Waals surface area (Å²) >= 11 is 0. The van der Waals surface area contributed by atoms with E-state index in [4.69, 9.17) is 4.42 Å². The predicted octanol–water partition coefficient (Wildman–Crippen LogP) is 3.61. The lowest BCUT2D eigenvalue weighted by Gasteiger charge is -1.97. The van der Waals surface area contributed by atoms with E-state index < -0.39 is 0 Å². The molecular weight excluding hydrogens is 148 g/mol. The molecule has 1 radical (unpaired) electrons. The third-order valence-electron chi connectivity index (χ3n) is 2.00. The number of hydrogen-bond acceptors (Lipinski definition) is 1. The summed E-state index contributed by atoms with van der Waals surface area (Å²) in [5, 5.41) is 0. The molecule has 12 heavy (non-hydrogen) atoms. The average Bonchev–Trinajstić information content (AvgIpc) is 2.57. The molecule has 0 atom stereocenters. The van der Waals surface area contributed by atoms with Crippen molar-refractivity contribution in [3.05, 3.63) is 31.1 Å². The smallest absolute Gasteiger partial charge is 0.103 e. The maximum Gasteiger partial charge on any atom is 0.103 e. The Kier molecular flexibility index (Phi) is 4.58. The topological polar surface area (TPSA) is 13.1 Å². The Labute approximate surface area is 74.8 Å². The summed E-state index contributed by atoms with van der Waals surface area (Å²) in [4.78, 5) is 0. The Bertz CT molecular complexity index is 177. The van der Waals surface area contributed by atoms with E-state index in [9.17, 15) is 0 Å². The van der Waals surface area contributed by atoms with Crippen LogP contribution in [0.25, 0.3) is 0 Å². The lowest BCUT2D eigenvalue weighted by molar-refractivity contribution is 0.493. The maximum atomic E-state index is 5.23. The van der Waals surface area contributed by atoms with Gasteiger partial charge in [-0.15, -0.1) is 0 Å². The number of furan rings is 1. The SMILES string of the molecule is [CH2]CCCCCCc1ccco1. The second kappa shape index (κ2) is 5.87. The van der Waals surface area contributed by atoms with Crippen LogP contribution < -0.4 is 0 Å². The van der Waals surface area contributed by atoms with Gasteiger partial charge in [-0.2, -0.15) is 0 Å². The second-order valence-electron chi connectivity index (χ2n) is 3.10.